The molecule has 1 aromatic carbocycles. The van der Waals surface area contributed by atoms with Crippen molar-refractivity contribution in [3.8, 4) is 0 Å². The fourth-order valence-corrected chi connectivity index (χ4v) is 1.95. The Morgan fingerprint density at radius 1 is 1.25 bits per heavy atom. The minimum absolute atomic E-state index is 0.188. The molecule has 1 nitrogen and oxygen atoms in total. The molecule has 1 atom stereocenters. The van der Waals surface area contributed by atoms with Gasteiger partial charge in [0.15, 0.2) is 0 Å². The monoisotopic (exact) mass is 217 g/mol. The van der Waals surface area contributed by atoms with Crippen molar-refractivity contribution in [2.75, 3.05) is 13.6 Å². The summed E-state index contributed by atoms with van der Waals surface area (Å²) in [7, 11) is 2.02. The van der Waals surface area contributed by atoms with E-state index >= 15 is 0 Å². The number of nitrogens with one attached hydrogen (secondary N) is 1. The minimum atomic E-state index is 0.188. The first-order valence-corrected chi connectivity index (χ1v) is 5.92. The lowest BCUT2D eigenvalue weighted by molar-refractivity contribution is 0.453. The molecule has 1 N–H and O–H groups in total. The van der Waals surface area contributed by atoms with Gasteiger partial charge in [-0.25, -0.2) is 0 Å². The van der Waals surface area contributed by atoms with Crippen LogP contribution in [0.3, 0.4) is 0 Å². The Morgan fingerprint density at radius 3 is 2.38 bits per heavy atom. The summed E-state index contributed by atoms with van der Waals surface area (Å²) >= 11 is 0. The highest BCUT2D eigenvalue weighted by Gasteiger charge is 2.24. The molecule has 0 aliphatic carbocycles. The van der Waals surface area contributed by atoms with Crippen LogP contribution in [0, 0.1) is 0 Å². The van der Waals surface area contributed by atoms with Crippen LogP contribution in [0.2, 0.25) is 0 Å². The summed E-state index contributed by atoms with van der Waals surface area (Å²) in [5.41, 5.74) is 2.98. The van der Waals surface area contributed by atoms with Crippen LogP contribution < -0.4 is 5.32 Å². The molecule has 0 bridgehead atoms. The molecule has 88 valence electrons. The van der Waals surface area contributed by atoms with E-state index in [0.717, 1.165) is 13.0 Å². The molecule has 0 aliphatic heterocycles. The van der Waals surface area contributed by atoms with E-state index in [1.165, 1.54) is 11.1 Å². The standard InChI is InChI=1S/C15H23N/c1-13(2)10-11-15(3,12-16-4)14-8-6-5-7-9-14/h5-10,16H,11-12H2,1-4H3. The SMILES string of the molecule is CNCC(C)(CC=C(C)C)c1ccccc1. The van der Waals surface area contributed by atoms with E-state index in [4.69, 9.17) is 0 Å². The van der Waals surface area contributed by atoms with Gasteiger partial charge in [-0.3, -0.25) is 0 Å². The summed E-state index contributed by atoms with van der Waals surface area (Å²) in [4.78, 5) is 0. The van der Waals surface area contributed by atoms with Crippen LogP contribution in [0.5, 0.6) is 0 Å². The molecule has 0 radical (unpaired) electrons. The fraction of sp³-hybridized carbons (Fsp3) is 0.467. The van der Waals surface area contributed by atoms with Crippen LogP contribution >= 0.6 is 0 Å². The number of benzene rings is 1. The molecule has 0 aromatic heterocycles. The van der Waals surface area contributed by atoms with Gasteiger partial charge >= 0.3 is 0 Å². The molecule has 0 spiro atoms. The van der Waals surface area contributed by atoms with Crippen molar-refractivity contribution in [3.63, 3.8) is 0 Å². The lowest BCUT2D eigenvalue weighted by Gasteiger charge is -2.29. The second-order valence-corrected chi connectivity index (χ2v) is 4.94. The predicted molar refractivity (Wildman–Crippen MR) is 71.8 cm³/mol. The van der Waals surface area contributed by atoms with Gasteiger partial charge in [0.2, 0.25) is 0 Å². The molecule has 1 heteroatoms. The number of hydrogen-bond acceptors (Lipinski definition) is 1. The predicted octanol–water partition coefficient (Wildman–Crippen LogP) is 3.52. The van der Waals surface area contributed by atoms with E-state index in [-0.39, 0.29) is 5.41 Å². The summed E-state index contributed by atoms with van der Waals surface area (Å²) in [6.07, 6.45) is 3.41. The minimum Gasteiger partial charge on any atom is -0.319 e. The first kappa shape index (κ1) is 13.0. The second kappa shape index (κ2) is 5.86. The maximum atomic E-state index is 3.30. The molecule has 0 saturated heterocycles. The lowest BCUT2D eigenvalue weighted by atomic mass is 9.79. The number of rotatable bonds is 5. The third-order valence-corrected chi connectivity index (χ3v) is 3.00. The topological polar surface area (TPSA) is 12.0 Å². The van der Waals surface area contributed by atoms with E-state index in [9.17, 15) is 0 Å². The molecule has 0 amide bonds. The van der Waals surface area contributed by atoms with Crippen LogP contribution in [0.4, 0.5) is 0 Å². The van der Waals surface area contributed by atoms with Gasteiger partial charge in [0, 0.05) is 12.0 Å². The molecule has 16 heavy (non-hydrogen) atoms. The highest BCUT2D eigenvalue weighted by molar-refractivity contribution is 5.26. The molecule has 0 heterocycles. The van der Waals surface area contributed by atoms with Crippen molar-refractivity contribution >= 4 is 0 Å². The first-order chi connectivity index (χ1) is 7.58. The van der Waals surface area contributed by atoms with E-state index in [0.29, 0.717) is 0 Å². The second-order valence-electron chi connectivity index (χ2n) is 4.94. The third kappa shape index (κ3) is 3.49. The van der Waals surface area contributed by atoms with Crippen molar-refractivity contribution in [2.24, 2.45) is 0 Å². The van der Waals surface area contributed by atoms with Gasteiger partial charge in [-0.15, -0.1) is 0 Å². The Hall–Kier alpha value is -1.08. The van der Waals surface area contributed by atoms with E-state index in [2.05, 4.69) is 62.5 Å². The van der Waals surface area contributed by atoms with Crippen LogP contribution in [0.25, 0.3) is 0 Å². The van der Waals surface area contributed by atoms with Crippen molar-refractivity contribution in [2.45, 2.75) is 32.6 Å². The van der Waals surface area contributed by atoms with Gasteiger partial charge < -0.3 is 5.32 Å². The first-order valence-electron chi connectivity index (χ1n) is 5.92. The summed E-state index contributed by atoms with van der Waals surface area (Å²) in [5.74, 6) is 0. The average Bonchev–Trinajstić information content (AvgIpc) is 2.28. The molecule has 1 rings (SSSR count). The molecular formula is C15H23N. The molecular weight excluding hydrogens is 194 g/mol. The van der Waals surface area contributed by atoms with Gasteiger partial charge in [0.25, 0.3) is 0 Å². The lowest BCUT2D eigenvalue weighted by Crippen LogP contribution is -2.33. The number of likely N-dealkylation sites (N-methyl/N-ethyl adjacent to an activating group) is 1. The zero-order chi connectivity index (χ0) is 12.0. The summed E-state index contributed by atoms with van der Waals surface area (Å²) in [6.45, 7) is 7.63. The van der Waals surface area contributed by atoms with E-state index in [1.807, 2.05) is 7.05 Å². The zero-order valence-corrected chi connectivity index (χ0v) is 10.9. The van der Waals surface area contributed by atoms with Crippen LogP contribution in [-0.4, -0.2) is 13.6 Å². The summed E-state index contributed by atoms with van der Waals surface area (Å²) < 4.78 is 0. The largest absolute Gasteiger partial charge is 0.319 e. The normalized spacial score (nSPS) is 14.2. The van der Waals surface area contributed by atoms with Gasteiger partial charge in [-0.2, -0.15) is 0 Å². The molecule has 0 aliphatic rings. The quantitative estimate of drug-likeness (QED) is 0.744. The number of allylic oxidation sites excluding steroid dienone is 2. The van der Waals surface area contributed by atoms with Crippen LogP contribution in [0.1, 0.15) is 32.8 Å². The Bertz CT molecular complexity index is 336. The molecule has 1 aromatic rings. The number of hydrogen-bond donors (Lipinski definition) is 1. The average molecular weight is 217 g/mol. The van der Waals surface area contributed by atoms with Gasteiger partial charge in [-0.1, -0.05) is 48.9 Å². The molecule has 0 fully saturated rings. The highest BCUT2D eigenvalue weighted by atomic mass is 14.8. The van der Waals surface area contributed by atoms with Crippen molar-refractivity contribution in [1.82, 2.24) is 5.32 Å². The van der Waals surface area contributed by atoms with Crippen molar-refractivity contribution in [3.05, 3.63) is 47.5 Å². The maximum Gasteiger partial charge on any atom is 0.00839 e. The van der Waals surface area contributed by atoms with Crippen molar-refractivity contribution in [1.29, 1.82) is 0 Å². The fourth-order valence-electron chi connectivity index (χ4n) is 1.95. The van der Waals surface area contributed by atoms with Crippen LogP contribution in [0.15, 0.2) is 42.0 Å². The highest BCUT2D eigenvalue weighted by Crippen LogP contribution is 2.27. The van der Waals surface area contributed by atoms with E-state index < -0.39 is 0 Å². The summed E-state index contributed by atoms with van der Waals surface area (Å²) in [6, 6.07) is 10.7. The van der Waals surface area contributed by atoms with Gasteiger partial charge in [0.05, 0.1) is 0 Å². The maximum absolute atomic E-state index is 3.30. The van der Waals surface area contributed by atoms with Gasteiger partial charge in [-0.05, 0) is 32.9 Å². The Morgan fingerprint density at radius 2 is 1.88 bits per heavy atom. The van der Waals surface area contributed by atoms with E-state index in [1.54, 1.807) is 0 Å². The smallest absolute Gasteiger partial charge is 0.00839 e. The molecule has 1 unspecified atom stereocenters. The van der Waals surface area contributed by atoms with Crippen LogP contribution in [-0.2, 0) is 5.41 Å². The van der Waals surface area contributed by atoms with Crippen molar-refractivity contribution < 1.29 is 0 Å². The zero-order valence-electron chi connectivity index (χ0n) is 10.9. The summed E-state index contributed by atoms with van der Waals surface area (Å²) in [5, 5.41) is 3.30. The Balaban J connectivity index is 2.92. The molecule has 0 saturated carbocycles. The Labute approximate surface area is 99.6 Å². The third-order valence-electron chi connectivity index (χ3n) is 3.00. The Kier molecular flexibility index (Phi) is 4.75. The van der Waals surface area contributed by atoms with Gasteiger partial charge in [0.1, 0.15) is 0 Å².